The highest BCUT2D eigenvalue weighted by atomic mass is 14.9. The van der Waals surface area contributed by atoms with Gasteiger partial charge in [0.1, 0.15) is 0 Å². The Balaban J connectivity index is 2.45. The molecule has 0 aromatic heterocycles. The van der Waals surface area contributed by atoms with Crippen LogP contribution < -0.4 is 5.32 Å². The lowest BCUT2D eigenvalue weighted by Crippen LogP contribution is -2.15. The van der Waals surface area contributed by atoms with Crippen LogP contribution in [0.2, 0.25) is 0 Å². The molecule has 1 aromatic rings. The van der Waals surface area contributed by atoms with Crippen molar-refractivity contribution < 1.29 is 0 Å². The van der Waals surface area contributed by atoms with Gasteiger partial charge in [0.15, 0.2) is 0 Å². The van der Waals surface area contributed by atoms with Crippen LogP contribution in [-0.4, -0.2) is 6.04 Å². The fourth-order valence-corrected chi connectivity index (χ4v) is 1.90. The molecule has 0 radical (unpaired) electrons. The molecule has 17 heavy (non-hydrogen) atoms. The molecule has 1 unspecified atom stereocenters. The molecule has 1 atom stereocenters. The van der Waals surface area contributed by atoms with Crippen molar-refractivity contribution in [3.63, 3.8) is 0 Å². The summed E-state index contributed by atoms with van der Waals surface area (Å²) in [4.78, 5) is 0. The molecule has 1 nitrogen and oxygen atoms in total. The van der Waals surface area contributed by atoms with Crippen LogP contribution in [-0.2, 0) is 0 Å². The van der Waals surface area contributed by atoms with E-state index in [-0.39, 0.29) is 0 Å². The number of benzene rings is 1. The van der Waals surface area contributed by atoms with E-state index in [1.807, 2.05) is 0 Å². The molecule has 1 N–H and O–H groups in total. The molecule has 0 fully saturated rings. The first kappa shape index (κ1) is 14.1. The summed E-state index contributed by atoms with van der Waals surface area (Å²) >= 11 is 0. The molecular weight excluding hydrogens is 206 g/mol. The third kappa shape index (κ3) is 5.25. The van der Waals surface area contributed by atoms with Gasteiger partial charge in [0.05, 0.1) is 0 Å². The summed E-state index contributed by atoms with van der Waals surface area (Å²) in [6.07, 6.45) is 2.53. The minimum atomic E-state index is 0.558. The van der Waals surface area contributed by atoms with Gasteiger partial charge in [-0.05, 0) is 49.3 Å². The van der Waals surface area contributed by atoms with E-state index in [4.69, 9.17) is 0 Å². The Morgan fingerprint density at radius 3 is 1.94 bits per heavy atom. The maximum absolute atomic E-state index is 3.56. The smallest absolute Gasteiger partial charge is 0.0342 e. The van der Waals surface area contributed by atoms with Gasteiger partial charge in [-0.25, -0.2) is 0 Å². The molecule has 0 amide bonds. The Morgan fingerprint density at radius 1 is 0.882 bits per heavy atom. The van der Waals surface area contributed by atoms with Crippen molar-refractivity contribution in [3.05, 3.63) is 29.8 Å². The molecule has 1 rings (SSSR count). The Morgan fingerprint density at radius 2 is 1.47 bits per heavy atom. The van der Waals surface area contributed by atoms with Crippen LogP contribution in [0.1, 0.15) is 58.9 Å². The van der Waals surface area contributed by atoms with Crippen LogP contribution in [0.4, 0.5) is 5.69 Å². The van der Waals surface area contributed by atoms with Crippen molar-refractivity contribution in [2.45, 2.75) is 59.4 Å². The minimum absolute atomic E-state index is 0.558. The van der Waals surface area contributed by atoms with Gasteiger partial charge in [-0.3, -0.25) is 0 Å². The van der Waals surface area contributed by atoms with Crippen molar-refractivity contribution in [2.24, 2.45) is 5.92 Å². The Bertz CT molecular complexity index is 311. The number of nitrogens with one attached hydrogen (secondary N) is 1. The fraction of sp³-hybridized carbons (Fsp3) is 0.625. The standard InChI is InChI=1S/C16H27N/c1-12(2)6-7-14(5)17-16-10-8-15(9-11-16)13(3)4/h8-14,17H,6-7H2,1-5H3. The summed E-state index contributed by atoms with van der Waals surface area (Å²) in [7, 11) is 0. The average Bonchev–Trinajstić information content (AvgIpc) is 2.27. The number of anilines is 1. The summed E-state index contributed by atoms with van der Waals surface area (Å²) in [6.45, 7) is 11.3. The van der Waals surface area contributed by atoms with Crippen molar-refractivity contribution in [2.75, 3.05) is 5.32 Å². The topological polar surface area (TPSA) is 12.0 Å². The molecule has 0 saturated heterocycles. The molecular formula is C16H27N. The van der Waals surface area contributed by atoms with Crippen molar-refractivity contribution in [1.29, 1.82) is 0 Å². The van der Waals surface area contributed by atoms with Gasteiger partial charge in [0.25, 0.3) is 0 Å². The van der Waals surface area contributed by atoms with Crippen LogP contribution in [0.5, 0.6) is 0 Å². The summed E-state index contributed by atoms with van der Waals surface area (Å²) in [5.41, 5.74) is 2.65. The number of rotatable bonds is 6. The third-order valence-corrected chi connectivity index (χ3v) is 3.17. The predicted molar refractivity (Wildman–Crippen MR) is 77.7 cm³/mol. The third-order valence-electron chi connectivity index (χ3n) is 3.17. The van der Waals surface area contributed by atoms with Crippen LogP contribution >= 0.6 is 0 Å². The lowest BCUT2D eigenvalue weighted by Gasteiger charge is -2.17. The largest absolute Gasteiger partial charge is 0.383 e. The highest BCUT2D eigenvalue weighted by Crippen LogP contribution is 2.18. The lowest BCUT2D eigenvalue weighted by molar-refractivity contribution is 0.528. The zero-order valence-electron chi connectivity index (χ0n) is 12.0. The molecule has 1 aromatic carbocycles. The molecule has 0 aliphatic rings. The second kappa shape index (κ2) is 6.68. The summed E-state index contributed by atoms with van der Waals surface area (Å²) in [5, 5.41) is 3.56. The van der Waals surface area contributed by atoms with E-state index in [1.165, 1.54) is 24.1 Å². The van der Waals surface area contributed by atoms with Gasteiger partial charge in [-0.15, -0.1) is 0 Å². The van der Waals surface area contributed by atoms with Gasteiger partial charge in [0.2, 0.25) is 0 Å². The van der Waals surface area contributed by atoms with E-state index in [2.05, 4.69) is 64.2 Å². The first-order chi connectivity index (χ1) is 7.99. The second-order valence-corrected chi connectivity index (χ2v) is 5.79. The first-order valence-corrected chi connectivity index (χ1v) is 6.85. The molecule has 1 heteroatoms. The van der Waals surface area contributed by atoms with Crippen LogP contribution in [0.3, 0.4) is 0 Å². The van der Waals surface area contributed by atoms with Crippen molar-refractivity contribution in [1.82, 2.24) is 0 Å². The molecule has 0 aliphatic heterocycles. The zero-order chi connectivity index (χ0) is 12.8. The number of hydrogen-bond donors (Lipinski definition) is 1. The van der Waals surface area contributed by atoms with Crippen LogP contribution in [0.25, 0.3) is 0 Å². The monoisotopic (exact) mass is 233 g/mol. The Hall–Kier alpha value is -0.980. The molecule has 0 aliphatic carbocycles. The number of hydrogen-bond acceptors (Lipinski definition) is 1. The van der Waals surface area contributed by atoms with Gasteiger partial charge >= 0.3 is 0 Å². The Kier molecular flexibility index (Phi) is 5.54. The molecule has 0 saturated carbocycles. The predicted octanol–water partition coefficient (Wildman–Crippen LogP) is 5.05. The van der Waals surface area contributed by atoms with Gasteiger partial charge in [0, 0.05) is 11.7 Å². The summed E-state index contributed by atoms with van der Waals surface area (Å²) in [6, 6.07) is 9.40. The summed E-state index contributed by atoms with van der Waals surface area (Å²) in [5.74, 6) is 1.41. The minimum Gasteiger partial charge on any atom is -0.383 e. The van der Waals surface area contributed by atoms with Crippen molar-refractivity contribution >= 4 is 5.69 Å². The maximum Gasteiger partial charge on any atom is 0.0342 e. The molecule has 0 spiro atoms. The molecule has 0 bridgehead atoms. The van der Waals surface area contributed by atoms with Gasteiger partial charge < -0.3 is 5.32 Å². The van der Waals surface area contributed by atoms with E-state index in [9.17, 15) is 0 Å². The highest BCUT2D eigenvalue weighted by Gasteiger charge is 2.04. The van der Waals surface area contributed by atoms with Crippen LogP contribution in [0, 0.1) is 5.92 Å². The normalized spacial score (nSPS) is 13.1. The van der Waals surface area contributed by atoms with Crippen molar-refractivity contribution in [3.8, 4) is 0 Å². The average molecular weight is 233 g/mol. The zero-order valence-corrected chi connectivity index (χ0v) is 12.0. The first-order valence-electron chi connectivity index (χ1n) is 6.85. The van der Waals surface area contributed by atoms with Gasteiger partial charge in [-0.2, -0.15) is 0 Å². The second-order valence-electron chi connectivity index (χ2n) is 5.79. The van der Waals surface area contributed by atoms with E-state index >= 15 is 0 Å². The van der Waals surface area contributed by atoms with Crippen LogP contribution in [0.15, 0.2) is 24.3 Å². The Labute approximate surface area is 107 Å². The maximum atomic E-state index is 3.56. The summed E-state index contributed by atoms with van der Waals surface area (Å²) < 4.78 is 0. The van der Waals surface area contributed by atoms with E-state index in [0.29, 0.717) is 12.0 Å². The SMILES string of the molecule is CC(C)CCC(C)Nc1ccc(C(C)C)cc1. The fourth-order valence-electron chi connectivity index (χ4n) is 1.90. The highest BCUT2D eigenvalue weighted by molar-refractivity contribution is 5.45. The molecule has 96 valence electrons. The lowest BCUT2D eigenvalue weighted by atomic mass is 10.0. The van der Waals surface area contributed by atoms with Gasteiger partial charge in [-0.1, -0.05) is 39.8 Å². The van der Waals surface area contributed by atoms with E-state index < -0.39 is 0 Å². The molecule has 0 heterocycles. The van der Waals surface area contributed by atoms with E-state index in [0.717, 1.165) is 5.92 Å². The van der Waals surface area contributed by atoms with E-state index in [1.54, 1.807) is 0 Å². The quantitative estimate of drug-likeness (QED) is 0.725.